The maximum absolute atomic E-state index is 11.4. The van der Waals surface area contributed by atoms with E-state index in [1.165, 1.54) is 0 Å². The van der Waals surface area contributed by atoms with Gasteiger partial charge >= 0.3 is 0 Å². The quantitative estimate of drug-likeness (QED) is 0.554. The minimum Gasteiger partial charge on any atom is -0.246 e. The van der Waals surface area contributed by atoms with Crippen molar-refractivity contribution in [3.8, 4) is 0 Å². The lowest BCUT2D eigenvalue weighted by atomic mass is 10.5. The van der Waals surface area contributed by atoms with Crippen molar-refractivity contribution in [2.75, 3.05) is 0 Å². The third kappa shape index (κ3) is 1.71. The van der Waals surface area contributed by atoms with Gasteiger partial charge in [-0.1, -0.05) is 0 Å². The summed E-state index contributed by atoms with van der Waals surface area (Å²) < 4.78 is 11.4. The average molecular weight is 196 g/mol. The zero-order valence-corrected chi connectivity index (χ0v) is 9.08. The topological polar surface area (TPSA) is 17.1 Å². The highest BCUT2D eigenvalue weighted by Gasteiger charge is 2.44. The molecule has 0 radical (unpaired) electrons. The van der Waals surface area contributed by atoms with E-state index in [1.807, 2.05) is 13.8 Å². The molecule has 0 aromatic rings. The van der Waals surface area contributed by atoms with Crippen molar-refractivity contribution in [3.05, 3.63) is 0 Å². The summed E-state index contributed by atoms with van der Waals surface area (Å²) in [6, 6.07) is 0. The van der Waals surface area contributed by atoms with Gasteiger partial charge in [0.25, 0.3) is 0 Å². The lowest BCUT2D eigenvalue weighted by Gasteiger charge is -2.16. The lowest BCUT2D eigenvalue weighted by Crippen LogP contribution is -2.15. The van der Waals surface area contributed by atoms with Crippen molar-refractivity contribution in [1.29, 1.82) is 0 Å². The van der Waals surface area contributed by atoms with Crippen molar-refractivity contribution >= 4 is 32.4 Å². The monoisotopic (exact) mass is 196 g/mol. The summed E-state index contributed by atoms with van der Waals surface area (Å²) in [5.74, 6) is 0. The molecule has 1 aliphatic heterocycles. The van der Waals surface area contributed by atoms with Crippen molar-refractivity contribution in [2.24, 2.45) is 0 Å². The second kappa shape index (κ2) is 2.42. The highest BCUT2D eigenvalue weighted by Crippen LogP contribution is 2.56. The van der Waals surface area contributed by atoms with Gasteiger partial charge in [-0.25, -0.2) is 4.21 Å². The second-order valence-corrected chi connectivity index (χ2v) is 10.1. The van der Waals surface area contributed by atoms with Crippen LogP contribution in [0.4, 0.5) is 0 Å². The normalized spacial score (nSPS) is 36.2. The van der Waals surface area contributed by atoms with Crippen LogP contribution in [0.3, 0.4) is 0 Å². The van der Waals surface area contributed by atoms with Crippen LogP contribution in [0, 0.1) is 0 Å². The predicted octanol–water partition coefficient (Wildman–Crippen LogP) is 2.60. The Hall–Kier alpha value is 0.850. The molecule has 1 unspecified atom stereocenters. The molecule has 0 aromatic carbocycles. The third-order valence-electron chi connectivity index (χ3n) is 1.17. The smallest absolute Gasteiger partial charge is 0.0976 e. The molecule has 0 bridgehead atoms. The SMILES string of the molecule is CC1(C)SS(=O)C(C)(C)S1. The van der Waals surface area contributed by atoms with E-state index < -0.39 is 9.83 Å². The van der Waals surface area contributed by atoms with Crippen LogP contribution in [0.2, 0.25) is 0 Å². The van der Waals surface area contributed by atoms with Gasteiger partial charge in [-0.05, 0) is 38.5 Å². The summed E-state index contributed by atoms with van der Waals surface area (Å²) in [7, 11) is 0.842. The lowest BCUT2D eigenvalue weighted by molar-refractivity contribution is 0.683. The summed E-state index contributed by atoms with van der Waals surface area (Å²) in [6.07, 6.45) is 0. The number of rotatable bonds is 0. The fraction of sp³-hybridized carbons (Fsp3) is 1.00. The van der Waals surface area contributed by atoms with Crippen LogP contribution in [0.1, 0.15) is 27.7 Å². The molecule has 1 atom stereocenters. The molecule has 0 aliphatic carbocycles. The van der Waals surface area contributed by atoms with E-state index in [0.29, 0.717) is 0 Å². The Labute approximate surface area is 72.6 Å². The Kier molecular flexibility index (Phi) is 2.17. The van der Waals surface area contributed by atoms with Crippen LogP contribution in [0.15, 0.2) is 0 Å². The average Bonchev–Trinajstić information content (AvgIpc) is 1.73. The van der Waals surface area contributed by atoms with Gasteiger partial charge in [0, 0.05) is 0 Å². The molecule has 10 heavy (non-hydrogen) atoms. The van der Waals surface area contributed by atoms with Gasteiger partial charge < -0.3 is 0 Å². The molecule has 1 rings (SSSR count). The van der Waals surface area contributed by atoms with Crippen molar-refractivity contribution in [3.63, 3.8) is 0 Å². The van der Waals surface area contributed by atoms with Crippen LogP contribution in [-0.2, 0) is 9.83 Å². The maximum atomic E-state index is 11.4. The van der Waals surface area contributed by atoms with E-state index >= 15 is 0 Å². The molecule has 1 heterocycles. The molecule has 4 heteroatoms. The Morgan fingerprint density at radius 3 is 1.80 bits per heavy atom. The molecular weight excluding hydrogens is 184 g/mol. The largest absolute Gasteiger partial charge is 0.246 e. The van der Waals surface area contributed by atoms with E-state index in [9.17, 15) is 4.21 Å². The first kappa shape index (κ1) is 8.94. The minimum absolute atomic E-state index is 0.0613. The molecular formula is C6H12OS3. The molecule has 1 aliphatic rings. The van der Waals surface area contributed by atoms with Crippen LogP contribution in [-0.4, -0.2) is 12.4 Å². The zero-order valence-electron chi connectivity index (χ0n) is 6.63. The molecule has 1 nitrogen and oxygen atoms in total. The van der Waals surface area contributed by atoms with Gasteiger partial charge in [0.2, 0.25) is 0 Å². The van der Waals surface area contributed by atoms with Crippen molar-refractivity contribution < 1.29 is 4.21 Å². The highest BCUT2D eigenvalue weighted by molar-refractivity contribution is 8.76. The molecule has 60 valence electrons. The summed E-state index contributed by atoms with van der Waals surface area (Å²) in [4.78, 5) is 0. The molecule has 0 aromatic heterocycles. The summed E-state index contributed by atoms with van der Waals surface area (Å²) in [5, 5.41) is 0. The van der Waals surface area contributed by atoms with Gasteiger partial charge in [-0.2, -0.15) is 0 Å². The van der Waals surface area contributed by atoms with Crippen LogP contribution >= 0.6 is 22.6 Å². The maximum Gasteiger partial charge on any atom is 0.0976 e. The fourth-order valence-electron chi connectivity index (χ4n) is 0.926. The summed E-state index contributed by atoms with van der Waals surface area (Å²) in [6.45, 7) is 8.31. The van der Waals surface area contributed by atoms with Gasteiger partial charge in [0.1, 0.15) is 0 Å². The summed E-state index contributed by atoms with van der Waals surface area (Å²) in [5.41, 5.74) is 0. The standard InChI is InChI=1S/C6H12OS3/c1-5(2)8-6(3,4)10(7)9-5/h1-4H3. The van der Waals surface area contributed by atoms with Gasteiger partial charge in [0.15, 0.2) is 0 Å². The number of hydrogen-bond acceptors (Lipinski definition) is 3. The van der Waals surface area contributed by atoms with Crippen LogP contribution < -0.4 is 0 Å². The first-order valence-corrected chi connectivity index (χ1v) is 6.45. The molecule has 0 spiro atoms. The number of hydrogen-bond donors (Lipinski definition) is 0. The van der Waals surface area contributed by atoms with Crippen molar-refractivity contribution in [2.45, 2.75) is 35.9 Å². The van der Waals surface area contributed by atoms with E-state index in [-0.39, 0.29) is 8.16 Å². The molecule has 1 saturated heterocycles. The summed E-state index contributed by atoms with van der Waals surface area (Å²) >= 11 is 1.80. The Morgan fingerprint density at radius 1 is 1.20 bits per heavy atom. The van der Waals surface area contributed by atoms with E-state index in [2.05, 4.69) is 13.8 Å². The molecule has 0 N–H and O–H groups in total. The Balaban J connectivity index is 2.81. The first-order valence-electron chi connectivity index (χ1n) is 3.15. The fourth-order valence-corrected chi connectivity index (χ4v) is 7.66. The molecule has 1 fully saturated rings. The van der Waals surface area contributed by atoms with E-state index in [0.717, 1.165) is 0 Å². The molecule has 0 saturated carbocycles. The van der Waals surface area contributed by atoms with Gasteiger partial charge in [0.05, 0.1) is 18.0 Å². The predicted molar refractivity (Wildman–Crippen MR) is 51.5 cm³/mol. The van der Waals surface area contributed by atoms with Gasteiger partial charge in [-0.15, -0.1) is 11.8 Å². The van der Waals surface area contributed by atoms with Crippen LogP contribution in [0.5, 0.6) is 0 Å². The second-order valence-electron chi connectivity index (χ2n) is 3.22. The molecule has 0 amide bonds. The highest BCUT2D eigenvalue weighted by atomic mass is 33.1. The van der Waals surface area contributed by atoms with Crippen LogP contribution in [0.25, 0.3) is 0 Å². The minimum atomic E-state index is -0.723. The van der Waals surface area contributed by atoms with E-state index in [1.54, 1.807) is 22.6 Å². The van der Waals surface area contributed by atoms with Crippen molar-refractivity contribution in [1.82, 2.24) is 0 Å². The third-order valence-corrected chi connectivity index (χ3v) is 8.30. The number of thioether (sulfide) groups is 1. The Morgan fingerprint density at radius 2 is 1.70 bits per heavy atom. The van der Waals surface area contributed by atoms with E-state index in [4.69, 9.17) is 0 Å². The Bertz CT molecular complexity index is 174. The van der Waals surface area contributed by atoms with Gasteiger partial charge in [-0.3, -0.25) is 0 Å². The first-order chi connectivity index (χ1) is 4.33. The zero-order chi connectivity index (χ0) is 7.99.